The van der Waals surface area contributed by atoms with Crippen LogP contribution in [0.5, 0.6) is 0 Å². The Morgan fingerprint density at radius 1 is 1.19 bits per heavy atom. The van der Waals surface area contributed by atoms with Gasteiger partial charge in [-0.1, -0.05) is 17.7 Å². The van der Waals surface area contributed by atoms with Crippen molar-refractivity contribution in [2.24, 2.45) is 0 Å². The molecule has 5 nitrogen and oxygen atoms in total. The van der Waals surface area contributed by atoms with E-state index in [0.29, 0.717) is 6.54 Å². The predicted octanol–water partition coefficient (Wildman–Crippen LogP) is 3.13. The second-order valence-corrected chi connectivity index (χ2v) is 5.29. The van der Waals surface area contributed by atoms with Crippen LogP contribution < -0.4 is 4.90 Å². The standard InChI is InChI=1S/C16H24N2O3/c1-5-17(14-8-6-13(4)7-9-14)16(21)18(12(2)3)11-10-15(19)20/h6-9,12H,5,10-11H2,1-4H3,(H,19,20). The summed E-state index contributed by atoms with van der Waals surface area (Å²) in [5.41, 5.74) is 1.96. The molecule has 5 heteroatoms. The van der Waals surface area contributed by atoms with Gasteiger partial charge in [-0.25, -0.2) is 4.79 Å². The van der Waals surface area contributed by atoms with E-state index in [1.807, 2.05) is 52.0 Å². The summed E-state index contributed by atoms with van der Waals surface area (Å²) in [6.07, 6.45) is -0.0463. The van der Waals surface area contributed by atoms with Crippen molar-refractivity contribution in [3.63, 3.8) is 0 Å². The highest BCUT2D eigenvalue weighted by molar-refractivity contribution is 5.92. The van der Waals surface area contributed by atoms with E-state index in [-0.39, 0.29) is 25.0 Å². The second kappa shape index (κ2) is 7.67. The maximum Gasteiger partial charge on any atom is 0.324 e. The van der Waals surface area contributed by atoms with E-state index in [1.165, 1.54) is 0 Å². The second-order valence-electron chi connectivity index (χ2n) is 5.29. The first-order chi connectivity index (χ1) is 9.86. The van der Waals surface area contributed by atoms with Crippen molar-refractivity contribution < 1.29 is 14.7 Å². The largest absolute Gasteiger partial charge is 0.481 e. The molecule has 0 aliphatic rings. The number of aryl methyl sites for hydroxylation is 1. The molecule has 0 fully saturated rings. The molecule has 0 atom stereocenters. The van der Waals surface area contributed by atoms with Crippen molar-refractivity contribution in [3.8, 4) is 0 Å². The van der Waals surface area contributed by atoms with Crippen LogP contribution in [0.1, 0.15) is 32.8 Å². The molecule has 0 saturated heterocycles. The van der Waals surface area contributed by atoms with E-state index < -0.39 is 5.97 Å². The van der Waals surface area contributed by atoms with Crippen LogP contribution in [0.15, 0.2) is 24.3 Å². The Hall–Kier alpha value is -2.04. The van der Waals surface area contributed by atoms with E-state index in [9.17, 15) is 9.59 Å². The molecule has 21 heavy (non-hydrogen) atoms. The highest BCUT2D eigenvalue weighted by Crippen LogP contribution is 2.18. The number of nitrogens with zero attached hydrogens (tertiary/aromatic N) is 2. The van der Waals surface area contributed by atoms with E-state index in [2.05, 4.69) is 0 Å². The number of hydrogen-bond donors (Lipinski definition) is 1. The summed E-state index contributed by atoms with van der Waals surface area (Å²) in [5.74, 6) is -0.896. The van der Waals surface area contributed by atoms with Crippen LogP contribution in [0.4, 0.5) is 10.5 Å². The smallest absolute Gasteiger partial charge is 0.324 e. The molecule has 0 bridgehead atoms. The number of carboxylic acid groups (broad SMARTS) is 1. The van der Waals surface area contributed by atoms with Gasteiger partial charge in [0.05, 0.1) is 6.42 Å². The zero-order valence-corrected chi connectivity index (χ0v) is 13.2. The Morgan fingerprint density at radius 2 is 1.76 bits per heavy atom. The van der Waals surface area contributed by atoms with Crippen molar-refractivity contribution >= 4 is 17.7 Å². The third kappa shape index (κ3) is 4.77. The van der Waals surface area contributed by atoms with Crippen LogP contribution in [0.25, 0.3) is 0 Å². The average Bonchev–Trinajstić information content (AvgIpc) is 2.41. The van der Waals surface area contributed by atoms with Crippen LogP contribution in [0, 0.1) is 6.92 Å². The fourth-order valence-corrected chi connectivity index (χ4v) is 2.10. The number of aliphatic carboxylic acids is 1. The predicted molar refractivity (Wildman–Crippen MR) is 83.7 cm³/mol. The maximum absolute atomic E-state index is 12.7. The molecule has 1 aromatic carbocycles. The summed E-state index contributed by atoms with van der Waals surface area (Å²) in [6, 6.07) is 7.54. The first-order valence-corrected chi connectivity index (χ1v) is 7.23. The highest BCUT2D eigenvalue weighted by atomic mass is 16.4. The number of urea groups is 1. The van der Waals surface area contributed by atoms with Crippen molar-refractivity contribution in [1.82, 2.24) is 4.90 Å². The summed E-state index contributed by atoms with van der Waals surface area (Å²) >= 11 is 0. The van der Waals surface area contributed by atoms with Crippen LogP contribution in [0.3, 0.4) is 0 Å². The normalized spacial score (nSPS) is 10.5. The van der Waals surface area contributed by atoms with Gasteiger partial charge in [-0.2, -0.15) is 0 Å². The topological polar surface area (TPSA) is 60.9 Å². The lowest BCUT2D eigenvalue weighted by atomic mass is 10.2. The molecule has 0 unspecified atom stereocenters. The van der Waals surface area contributed by atoms with Gasteiger partial charge in [-0.3, -0.25) is 9.69 Å². The number of carboxylic acids is 1. The lowest BCUT2D eigenvalue weighted by Crippen LogP contribution is -2.47. The quantitative estimate of drug-likeness (QED) is 0.876. The fraction of sp³-hybridized carbons (Fsp3) is 0.500. The lowest BCUT2D eigenvalue weighted by molar-refractivity contribution is -0.137. The summed E-state index contributed by atoms with van der Waals surface area (Å²) in [7, 11) is 0. The first-order valence-electron chi connectivity index (χ1n) is 7.23. The van der Waals surface area contributed by atoms with Gasteiger partial charge in [0.1, 0.15) is 0 Å². The van der Waals surface area contributed by atoms with Gasteiger partial charge < -0.3 is 10.0 Å². The molecule has 0 aliphatic heterocycles. The summed E-state index contributed by atoms with van der Waals surface area (Å²) in [6.45, 7) is 8.44. The minimum Gasteiger partial charge on any atom is -0.481 e. The third-order valence-corrected chi connectivity index (χ3v) is 3.33. The summed E-state index contributed by atoms with van der Waals surface area (Å²) in [5, 5.41) is 8.82. The molecule has 0 radical (unpaired) electrons. The molecular weight excluding hydrogens is 268 g/mol. The zero-order chi connectivity index (χ0) is 16.0. The van der Waals surface area contributed by atoms with Gasteiger partial charge in [0, 0.05) is 24.8 Å². The van der Waals surface area contributed by atoms with Gasteiger partial charge in [-0.05, 0) is 39.8 Å². The van der Waals surface area contributed by atoms with Crippen LogP contribution in [-0.4, -0.2) is 41.1 Å². The third-order valence-electron chi connectivity index (χ3n) is 3.33. The number of anilines is 1. The number of carbonyl (C=O) groups excluding carboxylic acids is 1. The number of rotatable bonds is 6. The lowest BCUT2D eigenvalue weighted by Gasteiger charge is -2.32. The Balaban J connectivity index is 2.93. The average molecular weight is 292 g/mol. The molecule has 1 aromatic rings. The zero-order valence-electron chi connectivity index (χ0n) is 13.2. The number of benzene rings is 1. The van der Waals surface area contributed by atoms with Crippen LogP contribution in [0.2, 0.25) is 0 Å². The van der Waals surface area contributed by atoms with Crippen LogP contribution >= 0.6 is 0 Å². The molecule has 0 spiro atoms. The Bertz CT molecular complexity index is 483. The molecule has 0 saturated carbocycles. The van der Waals surface area contributed by atoms with Crippen molar-refractivity contribution in [2.45, 2.75) is 40.2 Å². The van der Waals surface area contributed by atoms with Gasteiger partial charge in [0.15, 0.2) is 0 Å². The van der Waals surface area contributed by atoms with Gasteiger partial charge in [0.25, 0.3) is 0 Å². The van der Waals surface area contributed by atoms with Gasteiger partial charge >= 0.3 is 12.0 Å². The highest BCUT2D eigenvalue weighted by Gasteiger charge is 2.23. The molecule has 0 heterocycles. The molecule has 1 rings (SSSR count). The molecule has 2 amide bonds. The summed E-state index contributed by atoms with van der Waals surface area (Å²) in [4.78, 5) is 26.7. The van der Waals surface area contributed by atoms with Crippen molar-refractivity contribution in [3.05, 3.63) is 29.8 Å². The number of hydrogen-bond acceptors (Lipinski definition) is 2. The maximum atomic E-state index is 12.7. The number of carbonyl (C=O) groups is 2. The van der Waals surface area contributed by atoms with Crippen molar-refractivity contribution in [1.29, 1.82) is 0 Å². The van der Waals surface area contributed by atoms with E-state index in [1.54, 1.807) is 9.80 Å². The molecular formula is C16H24N2O3. The Kier molecular flexibility index (Phi) is 6.21. The van der Waals surface area contributed by atoms with Gasteiger partial charge in [-0.15, -0.1) is 0 Å². The fourth-order valence-electron chi connectivity index (χ4n) is 2.10. The Labute approximate surface area is 126 Å². The van der Waals surface area contributed by atoms with Crippen LogP contribution in [-0.2, 0) is 4.79 Å². The molecule has 0 aliphatic carbocycles. The molecule has 1 N–H and O–H groups in total. The number of amides is 2. The molecule has 116 valence electrons. The van der Waals surface area contributed by atoms with E-state index in [4.69, 9.17) is 5.11 Å². The minimum absolute atomic E-state index is 0.0450. The molecule has 0 aromatic heterocycles. The van der Waals surface area contributed by atoms with E-state index in [0.717, 1.165) is 11.3 Å². The van der Waals surface area contributed by atoms with E-state index >= 15 is 0 Å². The first kappa shape index (κ1) is 17.0. The van der Waals surface area contributed by atoms with Gasteiger partial charge in [0.2, 0.25) is 0 Å². The Morgan fingerprint density at radius 3 is 2.19 bits per heavy atom. The monoisotopic (exact) mass is 292 g/mol. The van der Waals surface area contributed by atoms with Crippen molar-refractivity contribution in [2.75, 3.05) is 18.0 Å². The summed E-state index contributed by atoms with van der Waals surface area (Å²) < 4.78 is 0. The minimum atomic E-state index is -0.896. The SMILES string of the molecule is CCN(C(=O)N(CCC(=O)O)C(C)C)c1ccc(C)cc1.